The Bertz CT molecular complexity index is 86.1. The SMILES string of the molecule is CC(C)NCCO.CN(C)CCCO. The second-order valence-corrected chi connectivity index (χ2v) is 3.71. The first kappa shape index (κ1) is 16.3. The molecule has 0 aliphatic rings. The Morgan fingerprint density at radius 3 is 1.86 bits per heavy atom. The van der Waals surface area contributed by atoms with Gasteiger partial charge in [0.25, 0.3) is 0 Å². The fourth-order valence-corrected chi connectivity index (χ4v) is 0.740. The minimum atomic E-state index is 0.234. The molecule has 4 heteroatoms. The lowest BCUT2D eigenvalue weighted by atomic mass is 10.4. The highest BCUT2D eigenvalue weighted by Gasteiger charge is 1.86. The summed E-state index contributed by atoms with van der Waals surface area (Å²) in [5.41, 5.74) is 0. The summed E-state index contributed by atoms with van der Waals surface area (Å²) in [5.74, 6) is 0. The standard InChI is InChI=1S/2C5H13NO/c1-6(2)4-3-5-7;1-5(2)6-3-4-7/h7H,3-5H2,1-2H3;5-7H,3-4H2,1-2H3. The van der Waals surface area contributed by atoms with E-state index in [4.69, 9.17) is 10.2 Å². The molecule has 0 aromatic rings. The van der Waals surface area contributed by atoms with E-state index in [9.17, 15) is 0 Å². The van der Waals surface area contributed by atoms with Crippen molar-refractivity contribution in [1.82, 2.24) is 10.2 Å². The van der Waals surface area contributed by atoms with Gasteiger partial charge in [0.1, 0.15) is 0 Å². The molecule has 0 bridgehead atoms. The number of hydrogen-bond donors (Lipinski definition) is 3. The van der Waals surface area contributed by atoms with Crippen LogP contribution in [0.4, 0.5) is 0 Å². The van der Waals surface area contributed by atoms with Gasteiger partial charge in [-0.05, 0) is 27.1 Å². The predicted molar refractivity (Wildman–Crippen MR) is 60.5 cm³/mol. The maximum atomic E-state index is 8.29. The van der Waals surface area contributed by atoms with Crippen LogP contribution < -0.4 is 5.32 Å². The number of rotatable bonds is 6. The molecule has 0 heterocycles. The van der Waals surface area contributed by atoms with E-state index in [2.05, 4.69) is 24.1 Å². The van der Waals surface area contributed by atoms with Crippen molar-refractivity contribution in [2.75, 3.05) is 40.4 Å². The Kier molecular flexibility index (Phi) is 14.9. The quantitative estimate of drug-likeness (QED) is 0.568. The molecular weight excluding hydrogens is 180 g/mol. The van der Waals surface area contributed by atoms with Gasteiger partial charge >= 0.3 is 0 Å². The minimum absolute atomic E-state index is 0.234. The van der Waals surface area contributed by atoms with Crippen molar-refractivity contribution >= 4 is 0 Å². The van der Waals surface area contributed by atoms with Crippen LogP contribution in [0.1, 0.15) is 20.3 Å². The molecule has 0 fully saturated rings. The number of aliphatic hydroxyl groups excluding tert-OH is 2. The van der Waals surface area contributed by atoms with Crippen LogP contribution in [0, 0.1) is 0 Å². The van der Waals surface area contributed by atoms with Crippen LogP contribution in [0.15, 0.2) is 0 Å². The minimum Gasteiger partial charge on any atom is -0.396 e. The van der Waals surface area contributed by atoms with Crippen molar-refractivity contribution < 1.29 is 10.2 Å². The van der Waals surface area contributed by atoms with Gasteiger partial charge < -0.3 is 20.4 Å². The van der Waals surface area contributed by atoms with Gasteiger partial charge in [-0.1, -0.05) is 13.8 Å². The van der Waals surface area contributed by atoms with Gasteiger partial charge in [0.15, 0.2) is 0 Å². The van der Waals surface area contributed by atoms with Gasteiger partial charge in [-0.3, -0.25) is 0 Å². The average molecular weight is 206 g/mol. The summed E-state index contributed by atoms with van der Waals surface area (Å²) < 4.78 is 0. The van der Waals surface area contributed by atoms with E-state index < -0.39 is 0 Å². The number of hydrogen-bond acceptors (Lipinski definition) is 4. The average Bonchev–Trinajstić information content (AvgIpc) is 2.12. The molecule has 0 spiro atoms. The van der Waals surface area contributed by atoms with Gasteiger partial charge in [-0.25, -0.2) is 0 Å². The normalized spacial score (nSPS) is 10.3. The van der Waals surface area contributed by atoms with Crippen LogP contribution in [-0.2, 0) is 0 Å². The summed E-state index contributed by atoms with van der Waals surface area (Å²) in [6.45, 7) is 6.33. The molecule has 0 aromatic heterocycles. The first-order chi connectivity index (χ1) is 6.54. The molecule has 0 radical (unpaired) electrons. The fourth-order valence-electron chi connectivity index (χ4n) is 0.740. The molecule has 0 amide bonds. The predicted octanol–water partition coefficient (Wildman–Crippen LogP) is -0.0929. The van der Waals surface area contributed by atoms with Crippen LogP contribution >= 0.6 is 0 Å². The highest BCUT2D eigenvalue weighted by Crippen LogP contribution is 1.78. The molecule has 0 saturated heterocycles. The molecule has 0 rings (SSSR count). The lowest BCUT2D eigenvalue weighted by Crippen LogP contribution is -2.25. The smallest absolute Gasteiger partial charge is 0.0556 e. The molecule has 0 aliphatic heterocycles. The first-order valence-corrected chi connectivity index (χ1v) is 5.14. The summed E-state index contributed by atoms with van der Waals surface area (Å²) in [6.07, 6.45) is 0.882. The number of aliphatic hydroxyl groups is 2. The van der Waals surface area contributed by atoms with Crippen molar-refractivity contribution in [2.45, 2.75) is 26.3 Å². The first-order valence-electron chi connectivity index (χ1n) is 5.14. The number of nitrogens with zero attached hydrogens (tertiary/aromatic N) is 1. The van der Waals surface area contributed by atoms with Gasteiger partial charge in [-0.2, -0.15) is 0 Å². The zero-order chi connectivity index (χ0) is 11.4. The van der Waals surface area contributed by atoms with Gasteiger partial charge in [-0.15, -0.1) is 0 Å². The van der Waals surface area contributed by atoms with Crippen LogP contribution in [0.5, 0.6) is 0 Å². The van der Waals surface area contributed by atoms with E-state index in [1.807, 2.05) is 14.1 Å². The molecule has 0 atom stereocenters. The third kappa shape index (κ3) is 22.6. The highest BCUT2D eigenvalue weighted by atomic mass is 16.3. The monoisotopic (exact) mass is 206 g/mol. The molecule has 0 saturated carbocycles. The van der Waals surface area contributed by atoms with Gasteiger partial charge in [0, 0.05) is 19.2 Å². The molecule has 0 aliphatic carbocycles. The highest BCUT2D eigenvalue weighted by molar-refractivity contribution is 4.49. The third-order valence-electron chi connectivity index (χ3n) is 1.43. The Balaban J connectivity index is 0. The van der Waals surface area contributed by atoms with E-state index in [1.54, 1.807) is 0 Å². The van der Waals surface area contributed by atoms with Crippen molar-refractivity contribution in [3.63, 3.8) is 0 Å². The maximum absolute atomic E-state index is 8.29. The second kappa shape index (κ2) is 12.8. The Morgan fingerprint density at radius 1 is 1.14 bits per heavy atom. The van der Waals surface area contributed by atoms with Crippen LogP contribution in [-0.4, -0.2) is 61.6 Å². The fraction of sp³-hybridized carbons (Fsp3) is 1.00. The van der Waals surface area contributed by atoms with E-state index in [0.717, 1.165) is 13.0 Å². The van der Waals surface area contributed by atoms with Gasteiger partial charge in [0.2, 0.25) is 0 Å². The second-order valence-electron chi connectivity index (χ2n) is 3.71. The summed E-state index contributed by atoms with van der Waals surface area (Å²) in [4.78, 5) is 2.05. The van der Waals surface area contributed by atoms with E-state index in [1.165, 1.54) is 0 Å². The van der Waals surface area contributed by atoms with E-state index >= 15 is 0 Å². The summed E-state index contributed by atoms with van der Waals surface area (Å²) in [7, 11) is 3.99. The lowest BCUT2D eigenvalue weighted by Gasteiger charge is -2.05. The third-order valence-corrected chi connectivity index (χ3v) is 1.43. The van der Waals surface area contributed by atoms with Gasteiger partial charge in [0.05, 0.1) is 6.61 Å². The summed E-state index contributed by atoms with van der Waals surface area (Å²) in [6, 6.07) is 0.493. The van der Waals surface area contributed by atoms with E-state index in [-0.39, 0.29) is 6.61 Å². The summed E-state index contributed by atoms with van der Waals surface area (Å²) >= 11 is 0. The van der Waals surface area contributed by atoms with E-state index in [0.29, 0.717) is 19.2 Å². The van der Waals surface area contributed by atoms with Crippen LogP contribution in [0.2, 0.25) is 0 Å². The molecule has 4 nitrogen and oxygen atoms in total. The van der Waals surface area contributed by atoms with Crippen molar-refractivity contribution in [3.8, 4) is 0 Å². The lowest BCUT2D eigenvalue weighted by molar-refractivity contribution is 0.263. The zero-order valence-corrected chi connectivity index (χ0v) is 9.95. The Labute approximate surface area is 87.9 Å². The van der Waals surface area contributed by atoms with Crippen LogP contribution in [0.25, 0.3) is 0 Å². The van der Waals surface area contributed by atoms with Crippen molar-refractivity contribution in [1.29, 1.82) is 0 Å². The molecule has 0 aromatic carbocycles. The Hall–Kier alpha value is -0.160. The largest absolute Gasteiger partial charge is 0.396 e. The molecular formula is C10H26N2O2. The molecule has 0 unspecified atom stereocenters. The molecule has 14 heavy (non-hydrogen) atoms. The topological polar surface area (TPSA) is 55.7 Å². The molecule has 3 N–H and O–H groups in total. The van der Waals surface area contributed by atoms with Crippen molar-refractivity contribution in [2.24, 2.45) is 0 Å². The number of nitrogens with one attached hydrogen (secondary N) is 1. The van der Waals surface area contributed by atoms with Crippen molar-refractivity contribution in [3.05, 3.63) is 0 Å². The molecule has 88 valence electrons. The Morgan fingerprint density at radius 2 is 1.71 bits per heavy atom. The zero-order valence-electron chi connectivity index (χ0n) is 9.95. The summed E-state index contributed by atoms with van der Waals surface area (Å²) in [5, 5.41) is 19.6. The van der Waals surface area contributed by atoms with Crippen LogP contribution in [0.3, 0.4) is 0 Å². The maximum Gasteiger partial charge on any atom is 0.0556 e.